The predicted octanol–water partition coefficient (Wildman–Crippen LogP) is 12.6. The molecule has 1 heteroatoms. The van der Waals surface area contributed by atoms with Crippen LogP contribution in [0.5, 0.6) is 0 Å². The second-order valence-corrected chi connectivity index (χ2v) is 11.1. The van der Waals surface area contributed by atoms with Gasteiger partial charge in [-0.15, -0.1) is 0 Å². The van der Waals surface area contributed by atoms with E-state index >= 15 is 0 Å². The maximum absolute atomic E-state index is 9.28. The molecule has 0 amide bonds. The van der Waals surface area contributed by atoms with E-state index in [9.17, 15) is 5.48 Å². The minimum Gasteiger partial charge on any atom is -0.455 e. The summed E-state index contributed by atoms with van der Waals surface area (Å²) in [5.41, 5.74) is 6.90. The Kier molecular flexibility index (Phi) is 4.30. The van der Waals surface area contributed by atoms with Gasteiger partial charge in [0.25, 0.3) is 0 Å². The summed E-state index contributed by atoms with van der Waals surface area (Å²) in [4.78, 5) is 0. The Morgan fingerprint density at radius 1 is 0.378 bits per heavy atom. The lowest BCUT2D eigenvalue weighted by molar-refractivity contribution is 0.670. The fraction of sp³-hybridized carbons (Fsp3) is 0. The third kappa shape index (κ3) is 4.17. The Hall–Kier alpha value is -5.92. The van der Waals surface area contributed by atoms with Crippen LogP contribution in [0.15, 0.2) is 174 Å². The Morgan fingerprint density at radius 3 is 1.44 bits per heavy atom. The molecular weight excluding hydrogens is 544 g/mol. The summed E-state index contributed by atoms with van der Waals surface area (Å²) in [5.74, 6) is 0. The molecule has 0 aliphatic heterocycles. The van der Waals surface area contributed by atoms with Crippen molar-refractivity contribution in [3.05, 3.63) is 170 Å². The van der Waals surface area contributed by atoms with E-state index in [0.717, 1.165) is 33.0 Å². The van der Waals surface area contributed by atoms with E-state index in [1.807, 2.05) is 66.7 Å². The van der Waals surface area contributed by atoms with Gasteiger partial charge in [0.2, 0.25) is 0 Å². The average molecular weight is 581 g/mol. The summed E-state index contributed by atoms with van der Waals surface area (Å²) >= 11 is 0. The smallest absolute Gasteiger partial charge is 0.143 e. The number of fused-ring (bicyclic) bond motifs is 5. The van der Waals surface area contributed by atoms with Crippen LogP contribution in [-0.2, 0) is 0 Å². The summed E-state index contributed by atoms with van der Waals surface area (Å²) in [6.07, 6.45) is 0. The SMILES string of the molecule is [2H]c1c([2H])c([2H])c2c(-c3ccc4oc5c(-c6ccccc6)cc(-c6ccccc6)cc5c4c3)c3c([2H])c([2H])c([2H])c([2H])c3c(-c3ccccc3)c2c1[2H]. The molecule has 0 saturated heterocycles. The summed E-state index contributed by atoms with van der Waals surface area (Å²) < 4.78 is 78.4. The predicted molar refractivity (Wildman–Crippen MR) is 190 cm³/mol. The van der Waals surface area contributed by atoms with Gasteiger partial charge in [-0.05, 0) is 84.8 Å². The van der Waals surface area contributed by atoms with Gasteiger partial charge in [0.1, 0.15) is 11.2 Å². The van der Waals surface area contributed by atoms with Crippen molar-refractivity contribution < 1.29 is 15.4 Å². The van der Waals surface area contributed by atoms with Crippen LogP contribution in [0.2, 0.25) is 0 Å². The van der Waals surface area contributed by atoms with Gasteiger partial charge in [-0.1, -0.05) is 145 Å². The van der Waals surface area contributed by atoms with Gasteiger partial charge in [-0.25, -0.2) is 0 Å². The summed E-state index contributed by atoms with van der Waals surface area (Å²) in [6.45, 7) is 0. The van der Waals surface area contributed by atoms with Gasteiger partial charge in [0, 0.05) is 16.3 Å². The molecule has 0 saturated carbocycles. The van der Waals surface area contributed by atoms with Crippen LogP contribution in [0.4, 0.5) is 0 Å². The topological polar surface area (TPSA) is 13.1 Å². The van der Waals surface area contributed by atoms with Crippen molar-refractivity contribution >= 4 is 43.5 Å². The number of hydrogen-bond acceptors (Lipinski definition) is 1. The number of hydrogen-bond donors (Lipinski definition) is 0. The zero-order valence-electron chi connectivity index (χ0n) is 32.0. The van der Waals surface area contributed by atoms with Crippen molar-refractivity contribution in [2.45, 2.75) is 0 Å². The minimum atomic E-state index is -0.433. The van der Waals surface area contributed by atoms with Crippen molar-refractivity contribution in [3.63, 3.8) is 0 Å². The van der Waals surface area contributed by atoms with Crippen molar-refractivity contribution in [1.82, 2.24) is 0 Å². The molecule has 8 aromatic carbocycles. The highest BCUT2D eigenvalue weighted by Gasteiger charge is 2.19. The Morgan fingerprint density at radius 2 is 0.867 bits per heavy atom. The van der Waals surface area contributed by atoms with Crippen LogP contribution < -0.4 is 0 Å². The zero-order valence-corrected chi connectivity index (χ0v) is 24.0. The normalized spacial score (nSPS) is 14.0. The molecule has 1 aromatic heterocycles. The molecule has 0 fully saturated rings. The maximum atomic E-state index is 9.28. The average Bonchev–Trinajstić information content (AvgIpc) is 3.58. The highest BCUT2D eigenvalue weighted by molar-refractivity contribution is 6.22. The summed E-state index contributed by atoms with van der Waals surface area (Å²) in [5, 5.41) is 2.31. The lowest BCUT2D eigenvalue weighted by Crippen LogP contribution is -1.90. The lowest BCUT2D eigenvalue weighted by Gasteiger charge is -2.17. The number of benzene rings is 8. The van der Waals surface area contributed by atoms with E-state index in [2.05, 4.69) is 24.3 Å². The molecule has 0 aliphatic rings. The Labute approximate surface area is 272 Å². The first-order chi connectivity index (χ1) is 25.7. The third-order valence-corrected chi connectivity index (χ3v) is 8.49. The van der Waals surface area contributed by atoms with Gasteiger partial charge in [0.15, 0.2) is 0 Å². The Bertz CT molecular complexity index is 2880. The molecule has 0 aliphatic carbocycles. The monoisotopic (exact) mass is 580 g/mol. The highest BCUT2D eigenvalue weighted by atomic mass is 16.3. The van der Waals surface area contributed by atoms with E-state index in [1.165, 1.54) is 0 Å². The second kappa shape index (κ2) is 10.4. The molecule has 0 N–H and O–H groups in total. The standard InChI is InChI=1S/C44H28O/c1-4-14-29(15-5-1)33-27-38(30-16-6-2-7-17-30)44-40(28-33)39-26-32(24-25-41(39)45-44)43-36-22-12-10-20-34(36)42(31-18-8-3-9-19-31)35-21-11-13-23-37(35)43/h1-28H/i10D,11D,12D,13D,20D,21D,22D,23D. The molecule has 9 aromatic rings. The summed E-state index contributed by atoms with van der Waals surface area (Å²) in [6, 6.07) is 35.9. The quantitative estimate of drug-likeness (QED) is 0.189. The van der Waals surface area contributed by atoms with Crippen LogP contribution in [0.25, 0.3) is 88.0 Å². The minimum absolute atomic E-state index is 0.175. The maximum Gasteiger partial charge on any atom is 0.143 e. The lowest BCUT2D eigenvalue weighted by atomic mass is 9.85. The van der Waals surface area contributed by atoms with Crippen molar-refractivity contribution in [1.29, 1.82) is 0 Å². The fourth-order valence-electron chi connectivity index (χ4n) is 6.47. The molecule has 0 spiro atoms. The van der Waals surface area contributed by atoms with Gasteiger partial charge in [-0.2, -0.15) is 0 Å². The van der Waals surface area contributed by atoms with Crippen LogP contribution >= 0.6 is 0 Å². The van der Waals surface area contributed by atoms with Gasteiger partial charge < -0.3 is 4.42 Å². The second-order valence-electron chi connectivity index (χ2n) is 11.1. The third-order valence-electron chi connectivity index (χ3n) is 8.49. The zero-order chi connectivity index (χ0) is 36.7. The first kappa shape index (κ1) is 18.7. The molecule has 1 nitrogen and oxygen atoms in total. The van der Waals surface area contributed by atoms with Crippen LogP contribution in [0.1, 0.15) is 11.0 Å². The van der Waals surface area contributed by atoms with E-state index in [0.29, 0.717) is 33.4 Å². The first-order valence-corrected chi connectivity index (χ1v) is 14.8. The van der Waals surface area contributed by atoms with E-state index < -0.39 is 24.2 Å². The molecule has 0 unspecified atom stereocenters. The van der Waals surface area contributed by atoms with Crippen LogP contribution in [-0.4, -0.2) is 0 Å². The van der Waals surface area contributed by atoms with Crippen LogP contribution in [0, 0.1) is 0 Å². The molecule has 0 bridgehead atoms. The van der Waals surface area contributed by atoms with E-state index in [-0.39, 0.29) is 45.7 Å². The van der Waals surface area contributed by atoms with E-state index in [1.54, 1.807) is 30.3 Å². The Balaban J connectivity index is 1.47. The van der Waals surface area contributed by atoms with Gasteiger partial charge in [0.05, 0.1) is 11.0 Å². The number of furan rings is 1. The molecule has 210 valence electrons. The molecule has 45 heavy (non-hydrogen) atoms. The van der Waals surface area contributed by atoms with Crippen LogP contribution in [0.3, 0.4) is 0 Å². The molecule has 0 atom stereocenters. The number of rotatable bonds is 4. The van der Waals surface area contributed by atoms with Gasteiger partial charge in [-0.3, -0.25) is 0 Å². The fourth-order valence-corrected chi connectivity index (χ4v) is 6.47. The summed E-state index contributed by atoms with van der Waals surface area (Å²) in [7, 11) is 0. The molecular formula is C44H28O. The largest absolute Gasteiger partial charge is 0.455 e. The van der Waals surface area contributed by atoms with Gasteiger partial charge >= 0.3 is 0 Å². The molecule has 1 heterocycles. The molecule has 9 rings (SSSR count). The molecule has 0 radical (unpaired) electrons. The highest BCUT2D eigenvalue weighted by Crippen LogP contribution is 2.46. The van der Waals surface area contributed by atoms with Crippen molar-refractivity contribution in [2.75, 3.05) is 0 Å². The van der Waals surface area contributed by atoms with Crippen molar-refractivity contribution in [2.24, 2.45) is 0 Å². The van der Waals surface area contributed by atoms with E-state index in [4.69, 9.17) is 9.90 Å². The van der Waals surface area contributed by atoms with Crippen molar-refractivity contribution in [3.8, 4) is 44.5 Å². The first-order valence-electron chi connectivity index (χ1n) is 18.8.